The van der Waals surface area contributed by atoms with E-state index < -0.39 is 6.10 Å². The van der Waals surface area contributed by atoms with Gasteiger partial charge in [0.05, 0.1) is 12.7 Å². The minimum Gasteiger partial charge on any atom is -0.458 e. The van der Waals surface area contributed by atoms with Crippen LogP contribution in [0.25, 0.3) is 0 Å². The first-order valence-electron chi connectivity index (χ1n) is 8.94. The van der Waals surface area contributed by atoms with Gasteiger partial charge in [-0.05, 0) is 24.5 Å². The topological polar surface area (TPSA) is 52.6 Å². The van der Waals surface area contributed by atoms with Crippen molar-refractivity contribution in [2.24, 2.45) is 0 Å². The van der Waals surface area contributed by atoms with Crippen molar-refractivity contribution in [1.29, 1.82) is 0 Å². The monoisotopic (exact) mass is 354 g/mol. The van der Waals surface area contributed by atoms with E-state index in [1.165, 1.54) is 6.92 Å². The van der Waals surface area contributed by atoms with Crippen molar-refractivity contribution in [2.75, 3.05) is 0 Å². The number of Topliss-reactive ketones (excluding diaryl/α,β-unsaturated/α-hetero) is 1. The second-order valence-electron chi connectivity index (χ2n) is 6.40. The van der Waals surface area contributed by atoms with Gasteiger partial charge in [0.25, 0.3) is 0 Å². The third kappa shape index (κ3) is 7.19. The highest BCUT2D eigenvalue weighted by molar-refractivity contribution is 5.78. The van der Waals surface area contributed by atoms with Gasteiger partial charge in [-0.1, -0.05) is 60.7 Å². The van der Waals surface area contributed by atoms with Crippen LogP contribution in [0.1, 0.15) is 50.3 Å². The second-order valence-corrected chi connectivity index (χ2v) is 6.40. The van der Waals surface area contributed by atoms with Crippen LogP contribution < -0.4 is 0 Å². The molecule has 2 aromatic rings. The molecule has 2 rings (SSSR count). The van der Waals surface area contributed by atoms with Crippen LogP contribution in [0.15, 0.2) is 60.7 Å². The number of esters is 1. The summed E-state index contributed by atoms with van der Waals surface area (Å²) in [5.41, 5.74) is 2.00. The Kier molecular flexibility index (Phi) is 8.03. The fraction of sp³-hybridized carbons (Fsp3) is 0.364. The molecular weight excluding hydrogens is 328 g/mol. The SMILES string of the molecule is CC(=O)O[C@@H](CCC(=O)C[C@@H](C)OCc1ccccc1)c1ccccc1. The van der Waals surface area contributed by atoms with Crippen molar-refractivity contribution < 1.29 is 19.1 Å². The molecule has 0 aliphatic rings. The van der Waals surface area contributed by atoms with Crippen LogP contribution in [0.3, 0.4) is 0 Å². The van der Waals surface area contributed by atoms with E-state index in [-0.39, 0.29) is 17.9 Å². The van der Waals surface area contributed by atoms with E-state index in [2.05, 4.69) is 0 Å². The Labute approximate surface area is 155 Å². The first-order chi connectivity index (χ1) is 12.5. The number of rotatable bonds is 10. The van der Waals surface area contributed by atoms with Crippen LogP contribution in [0, 0.1) is 0 Å². The smallest absolute Gasteiger partial charge is 0.303 e. The molecule has 138 valence electrons. The number of ether oxygens (including phenoxy) is 2. The highest BCUT2D eigenvalue weighted by Crippen LogP contribution is 2.23. The summed E-state index contributed by atoms with van der Waals surface area (Å²) < 4.78 is 11.1. The van der Waals surface area contributed by atoms with Crippen LogP contribution in [-0.4, -0.2) is 17.9 Å². The molecule has 0 fully saturated rings. The Balaban J connectivity index is 1.79. The first-order valence-corrected chi connectivity index (χ1v) is 8.94. The van der Waals surface area contributed by atoms with E-state index in [9.17, 15) is 9.59 Å². The summed E-state index contributed by atoms with van der Waals surface area (Å²) in [6.07, 6.45) is 0.651. The standard InChI is InChI=1S/C22H26O4/c1-17(25-16-19-9-5-3-6-10-19)15-21(24)13-14-22(26-18(2)23)20-11-7-4-8-12-20/h3-12,17,22H,13-16H2,1-2H3/t17-,22+/m1/s1. The summed E-state index contributed by atoms with van der Waals surface area (Å²) in [5.74, 6) is -0.232. The largest absolute Gasteiger partial charge is 0.458 e. The summed E-state index contributed by atoms with van der Waals surface area (Å²) in [6, 6.07) is 19.4. The molecule has 0 bridgehead atoms. The van der Waals surface area contributed by atoms with E-state index in [1.54, 1.807) is 0 Å². The maximum absolute atomic E-state index is 12.3. The summed E-state index contributed by atoms with van der Waals surface area (Å²) >= 11 is 0. The van der Waals surface area contributed by atoms with Crippen LogP contribution in [0.5, 0.6) is 0 Å². The molecule has 26 heavy (non-hydrogen) atoms. The fourth-order valence-corrected chi connectivity index (χ4v) is 2.75. The van der Waals surface area contributed by atoms with Crippen LogP contribution in [0.4, 0.5) is 0 Å². The van der Waals surface area contributed by atoms with Gasteiger partial charge in [0.2, 0.25) is 0 Å². The molecule has 4 heteroatoms. The molecule has 0 unspecified atom stereocenters. The average Bonchev–Trinajstić information content (AvgIpc) is 2.65. The van der Waals surface area contributed by atoms with Gasteiger partial charge in [-0.3, -0.25) is 9.59 Å². The number of hydrogen-bond donors (Lipinski definition) is 0. The van der Waals surface area contributed by atoms with E-state index in [0.29, 0.717) is 25.9 Å². The Morgan fingerprint density at radius 2 is 1.58 bits per heavy atom. The van der Waals surface area contributed by atoms with Crippen molar-refractivity contribution in [3.8, 4) is 0 Å². The molecule has 0 aliphatic heterocycles. The highest BCUT2D eigenvalue weighted by atomic mass is 16.5. The zero-order valence-electron chi connectivity index (χ0n) is 15.4. The molecule has 0 radical (unpaired) electrons. The Morgan fingerprint density at radius 1 is 0.962 bits per heavy atom. The van der Waals surface area contributed by atoms with Crippen molar-refractivity contribution in [1.82, 2.24) is 0 Å². The summed E-state index contributed by atoms with van der Waals surface area (Å²) in [4.78, 5) is 23.6. The highest BCUT2D eigenvalue weighted by Gasteiger charge is 2.17. The number of carbonyl (C=O) groups excluding carboxylic acids is 2. The molecule has 0 amide bonds. The zero-order chi connectivity index (χ0) is 18.8. The molecule has 0 aromatic heterocycles. The zero-order valence-corrected chi connectivity index (χ0v) is 15.4. The van der Waals surface area contributed by atoms with Gasteiger partial charge in [0, 0.05) is 19.8 Å². The molecule has 0 heterocycles. The molecule has 0 saturated heterocycles. The average molecular weight is 354 g/mol. The minimum absolute atomic E-state index is 0.110. The summed E-state index contributed by atoms with van der Waals surface area (Å²) in [5, 5.41) is 0. The van der Waals surface area contributed by atoms with Gasteiger partial charge in [-0.15, -0.1) is 0 Å². The van der Waals surface area contributed by atoms with Crippen LogP contribution >= 0.6 is 0 Å². The van der Waals surface area contributed by atoms with Crippen molar-refractivity contribution in [2.45, 2.75) is 51.9 Å². The molecule has 2 atom stereocenters. The Bertz CT molecular complexity index is 682. The van der Waals surface area contributed by atoms with Crippen LogP contribution in [0.2, 0.25) is 0 Å². The maximum Gasteiger partial charge on any atom is 0.303 e. The predicted molar refractivity (Wildman–Crippen MR) is 101 cm³/mol. The van der Waals surface area contributed by atoms with Gasteiger partial charge in [-0.25, -0.2) is 0 Å². The fourth-order valence-electron chi connectivity index (χ4n) is 2.75. The van der Waals surface area contributed by atoms with Gasteiger partial charge in [0.15, 0.2) is 0 Å². The Hall–Kier alpha value is -2.46. The van der Waals surface area contributed by atoms with Crippen molar-refractivity contribution >= 4 is 11.8 Å². The lowest BCUT2D eigenvalue weighted by Crippen LogP contribution is -2.16. The third-order valence-electron chi connectivity index (χ3n) is 4.06. The maximum atomic E-state index is 12.3. The van der Waals surface area contributed by atoms with Crippen LogP contribution in [-0.2, 0) is 25.7 Å². The molecule has 4 nitrogen and oxygen atoms in total. The van der Waals surface area contributed by atoms with Gasteiger partial charge in [0.1, 0.15) is 11.9 Å². The molecule has 0 aliphatic carbocycles. The molecular formula is C22H26O4. The molecule has 0 saturated carbocycles. The second kappa shape index (κ2) is 10.5. The van der Waals surface area contributed by atoms with E-state index in [4.69, 9.17) is 9.47 Å². The minimum atomic E-state index is -0.391. The lowest BCUT2D eigenvalue weighted by molar-refractivity contribution is -0.147. The van der Waals surface area contributed by atoms with Gasteiger partial charge < -0.3 is 9.47 Å². The number of hydrogen-bond acceptors (Lipinski definition) is 4. The quantitative estimate of drug-likeness (QED) is 0.584. The molecule has 0 spiro atoms. The first kappa shape index (κ1) is 19.9. The molecule has 2 aromatic carbocycles. The molecule has 0 N–H and O–H groups in total. The Morgan fingerprint density at radius 3 is 2.19 bits per heavy atom. The number of ketones is 1. The van der Waals surface area contributed by atoms with E-state index in [0.717, 1.165) is 11.1 Å². The van der Waals surface area contributed by atoms with Crippen molar-refractivity contribution in [3.05, 3.63) is 71.8 Å². The summed E-state index contributed by atoms with van der Waals surface area (Å²) in [6.45, 7) is 3.79. The third-order valence-corrected chi connectivity index (χ3v) is 4.06. The van der Waals surface area contributed by atoms with E-state index >= 15 is 0 Å². The predicted octanol–water partition coefficient (Wildman–Crippen LogP) is 4.64. The summed E-state index contributed by atoms with van der Waals surface area (Å²) in [7, 11) is 0. The van der Waals surface area contributed by atoms with Gasteiger partial charge in [-0.2, -0.15) is 0 Å². The normalized spacial score (nSPS) is 13.0. The van der Waals surface area contributed by atoms with Gasteiger partial charge >= 0.3 is 5.97 Å². The van der Waals surface area contributed by atoms with E-state index in [1.807, 2.05) is 67.6 Å². The lowest BCUT2D eigenvalue weighted by atomic mass is 10.0. The lowest BCUT2D eigenvalue weighted by Gasteiger charge is -2.18. The number of carbonyl (C=O) groups is 2. The number of benzene rings is 2. The van der Waals surface area contributed by atoms with Crippen molar-refractivity contribution in [3.63, 3.8) is 0 Å².